The molecule has 2 rings (SSSR count). The van der Waals surface area contributed by atoms with Gasteiger partial charge in [0.05, 0.1) is 0 Å². The van der Waals surface area contributed by atoms with Crippen LogP contribution in [0.4, 0.5) is 0 Å². The first-order chi connectivity index (χ1) is 20.1. The zero-order chi connectivity index (χ0) is 32.6. The molecule has 2 aliphatic rings. The first-order valence-electron chi connectivity index (χ1n) is 15.6. The lowest BCUT2D eigenvalue weighted by atomic mass is 9.72. The normalized spacial score (nSPS) is 20.4. The fraction of sp³-hybridized carbons (Fsp3) is 0.450. The SMILES string of the molecule is CC(C=CC1=C(C)CCCC1(C)C)=CC=CC(C)=CC(=O)O.CC(C=CC=C(C)C=CC1=C(C)CCCC1(C)C)=CC=O. The van der Waals surface area contributed by atoms with Crippen LogP contribution >= 0.6 is 0 Å². The number of hydrogen-bond acceptors (Lipinski definition) is 2. The summed E-state index contributed by atoms with van der Waals surface area (Å²) in [5, 5.41) is 8.65. The number of carbonyl (C=O) groups is 2. The van der Waals surface area contributed by atoms with Crippen LogP contribution in [0.1, 0.15) is 108 Å². The smallest absolute Gasteiger partial charge is 0.328 e. The number of rotatable bonds is 10. The Hall–Kier alpha value is -3.46. The van der Waals surface area contributed by atoms with Crippen LogP contribution in [0.5, 0.6) is 0 Å². The van der Waals surface area contributed by atoms with Gasteiger partial charge in [0.25, 0.3) is 0 Å². The monoisotopic (exact) mass is 584 g/mol. The van der Waals surface area contributed by atoms with Gasteiger partial charge in [0.2, 0.25) is 0 Å². The molecule has 0 atom stereocenters. The molecule has 0 amide bonds. The molecule has 0 bridgehead atoms. The first-order valence-corrected chi connectivity index (χ1v) is 15.6. The predicted molar refractivity (Wildman–Crippen MR) is 186 cm³/mol. The van der Waals surface area contributed by atoms with E-state index in [-0.39, 0.29) is 10.8 Å². The highest BCUT2D eigenvalue weighted by atomic mass is 16.4. The van der Waals surface area contributed by atoms with Crippen LogP contribution in [-0.2, 0) is 9.59 Å². The van der Waals surface area contributed by atoms with Crippen molar-refractivity contribution in [2.45, 2.75) is 108 Å². The van der Waals surface area contributed by atoms with E-state index in [0.717, 1.165) is 23.0 Å². The second-order valence-electron chi connectivity index (χ2n) is 13.3. The van der Waals surface area contributed by atoms with Crippen LogP contribution in [0.25, 0.3) is 0 Å². The van der Waals surface area contributed by atoms with Gasteiger partial charge < -0.3 is 5.11 Å². The highest BCUT2D eigenvalue weighted by Crippen LogP contribution is 2.41. The van der Waals surface area contributed by atoms with Crippen LogP contribution < -0.4 is 0 Å². The Bertz CT molecular complexity index is 1290. The molecule has 0 spiro atoms. The molecule has 234 valence electrons. The van der Waals surface area contributed by atoms with Crippen molar-refractivity contribution >= 4 is 12.3 Å². The van der Waals surface area contributed by atoms with Crippen LogP contribution in [0.2, 0.25) is 0 Å². The molecule has 1 N–H and O–H groups in total. The standard InChI is InChI=1S/C20H28O2.C20H28O/c1-15(8-6-9-16(2)14-19(21)22)11-12-18-17(3)10-7-13-20(18,4)5;1-16(8-6-9-17(2)13-15-21)11-12-19-18(3)10-7-14-20(19,4)5/h6,8-9,11-12,14H,7,10,13H2,1-5H3,(H,21,22);6,8-9,11-13,15H,7,10,14H2,1-5H3. The summed E-state index contributed by atoms with van der Waals surface area (Å²) >= 11 is 0. The summed E-state index contributed by atoms with van der Waals surface area (Å²) in [6, 6.07) is 0. The number of allylic oxidation sites excluding steroid dienone is 19. The Morgan fingerprint density at radius 1 is 0.651 bits per heavy atom. The lowest BCUT2D eigenvalue weighted by molar-refractivity contribution is -0.131. The molecule has 0 fully saturated rings. The van der Waals surface area contributed by atoms with Gasteiger partial charge in [-0.3, -0.25) is 4.79 Å². The van der Waals surface area contributed by atoms with Crippen molar-refractivity contribution in [3.8, 4) is 0 Å². The molecule has 0 saturated carbocycles. The molecule has 0 aromatic heterocycles. The van der Waals surface area contributed by atoms with Gasteiger partial charge in [-0.1, -0.05) is 111 Å². The minimum absolute atomic E-state index is 0.260. The van der Waals surface area contributed by atoms with E-state index in [1.54, 1.807) is 19.1 Å². The summed E-state index contributed by atoms with van der Waals surface area (Å²) in [5.74, 6) is -0.912. The van der Waals surface area contributed by atoms with Crippen LogP contribution in [0.15, 0.2) is 117 Å². The van der Waals surface area contributed by atoms with Crippen LogP contribution in [0, 0.1) is 10.8 Å². The van der Waals surface area contributed by atoms with E-state index < -0.39 is 5.97 Å². The van der Waals surface area contributed by atoms with Crippen molar-refractivity contribution in [3.63, 3.8) is 0 Å². The van der Waals surface area contributed by atoms with Crippen molar-refractivity contribution in [1.82, 2.24) is 0 Å². The largest absolute Gasteiger partial charge is 0.478 e. The van der Waals surface area contributed by atoms with Gasteiger partial charge >= 0.3 is 5.97 Å². The maximum absolute atomic E-state index is 10.5. The minimum Gasteiger partial charge on any atom is -0.478 e. The summed E-state index contributed by atoms with van der Waals surface area (Å²) in [6.45, 7) is 21.7. The predicted octanol–water partition coefficient (Wildman–Crippen LogP) is 11.3. The molecule has 3 heteroatoms. The van der Waals surface area contributed by atoms with Gasteiger partial charge in [-0.2, -0.15) is 0 Å². The molecule has 43 heavy (non-hydrogen) atoms. The number of aldehydes is 1. The second kappa shape index (κ2) is 18.3. The van der Waals surface area contributed by atoms with Crippen LogP contribution in [0.3, 0.4) is 0 Å². The van der Waals surface area contributed by atoms with Gasteiger partial charge in [-0.25, -0.2) is 4.79 Å². The Morgan fingerprint density at radius 2 is 1.05 bits per heavy atom. The highest BCUT2D eigenvalue weighted by molar-refractivity contribution is 5.81. The second-order valence-corrected chi connectivity index (χ2v) is 13.3. The molecule has 0 aliphatic heterocycles. The summed E-state index contributed by atoms with van der Waals surface area (Å²) < 4.78 is 0. The number of carboxylic acid groups (broad SMARTS) is 1. The third-order valence-corrected chi connectivity index (χ3v) is 8.23. The Morgan fingerprint density at radius 3 is 1.42 bits per heavy atom. The topological polar surface area (TPSA) is 54.4 Å². The number of aliphatic carboxylic acids is 1. The maximum atomic E-state index is 10.5. The third-order valence-electron chi connectivity index (χ3n) is 8.23. The Labute approximate surface area is 262 Å². The van der Waals surface area contributed by atoms with Crippen molar-refractivity contribution < 1.29 is 14.7 Å². The highest BCUT2D eigenvalue weighted by Gasteiger charge is 2.27. The lowest BCUT2D eigenvalue weighted by Crippen LogP contribution is -2.19. The van der Waals surface area contributed by atoms with E-state index in [1.807, 2.05) is 31.2 Å². The van der Waals surface area contributed by atoms with E-state index in [1.165, 1.54) is 72.5 Å². The van der Waals surface area contributed by atoms with E-state index in [4.69, 9.17) is 5.11 Å². The minimum atomic E-state index is -0.912. The molecule has 0 aromatic rings. The van der Waals surface area contributed by atoms with E-state index in [9.17, 15) is 9.59 Å². The van der Waals surface area contributed by atoms with Gasteiger partial charge in [-0.15, -0.1) is 0 Å². The van der Waals surface area contributed by atoms with Gasteiger partial charge in [0.15, 0.2) is 0 Å². The van der Waals surface area contributed by atoms with E-state index >= 15 is 0 Å². The summed E-state index contributed by atoms with van der Waals surface area (Å²) in [6.07, 6.45) is 31.7. The van der Waals surface area contributed by atoms with Crippen molar-refractivity contribution in [2.24, 2.45) is 10.8 Å². The summed E-state index contributed by atoms with van der Waals surface area (Å²) in [7, 11) is 0. The summed E-state index contributed by atoms with van der Waals surface area (Å²) in [4.78, 5) is 20.9. The van der Waals surface area contributed by atoms with E-state index in [2.05, 4.69) is 85.8 Å². The fourth-order valence-electron chi connectivity index (χ4n) is 5.67. The summed E-state index contributed by atoms with van der Waals surface area (Å²) in [5.41, 5.74) is 10.6. The van der Waals surface area contributed by atoms with Gasteiger partial charge in [0, 0.05) is 6.08 Å². The molecule has 0 saturated heterocycles. The molecule has 0 heterocycles. The average Bonchev–Trinajstić information content (AvgIpc) is 2.87. The quantitative estimate of drug-likeness (QED) is 0.158. The fourth-order valence-corrected chi connectivity index (χ4v) is 5.67. The lowest BCUT2D eigenvalue weighted by Gasteiger charge is -2.33. The molecule has 0 unspecified atom stereocenters. The molecule has 0 radical (unpaired) electrons. The van der Waals surface area contributed by atoms with Crippen LogP contribution in [-0.4, -0.2) is 17.4 Å². The van der Waals surface area contributed by atoms with E-state index in [0.29, 0.717) is 0 Å². The van der Waals surface area contributed by atoms with Crippen molar-refractivity contribution in [2.75, 3.05) is 0 Å². The zero-order valence-corrected chi connectivity index (χ0v) is 28.5. The van der Waals surface area contributed by atoms with Crippen molar-refractivity contribution in [3.05, 3.63) is 117 Å². The molecule has 2 aliphatic carbocycles. The molecular weight excluding hydrogens is 528 g/mol. The maximum Gasteiger partial charge on any atom is 0.328 e. The van der Waals surface area contributed by atoms with Gasteiger partial charge in [0.1, 0.15) is 6.29 Å². The molecule has 3 nitrogen and oxygen atoms in total. The average molecular weight is 585 g/mol. The van der Waals surface area contributed by atoms with Gasteiger partial charge in [-0.05, 0) is 119 Å². The molecule has 0 aromatic carbocycles. The Balaban J connectivity index is 0.000000430. The zero-order valence-electron chi connectivity index (χ0n) is 28.5. The Kier molecular flexibility index (Phi) is 16.0. The third kappa shape index (κ3) is 14.5. The van der Waals surface area contributed by atoms with Crippen molar-refractivity contribution in [1.29, 1.82) is 0 Å². The number of carboxylic acids is 1. The molecular formula is C40H56O3. The number of carbonyl (C=O) groups excluding carboxylic acids is 1. The first kappa shape index (κ1) is 37.6. The number of hydrogen-bond donors (Lipinski definition) is 1.